The zero-order chi connectivity index (χ0) is 13.5. The van der Waals surface area contributed by atoms with Gasteiger partial charge in [-0.2, -0.15) is 0 Å². The Bertz CT molecular complexity index is 432. The smallest absolute Gasteiger partial charge is 0.354 e. The molecule has 6 nitrogen and oxygen atoms in total. The highest BCUT2D eigenvalue weighted by atomic mass is 16.5. The fourth-order valence-corrected chi connectivity index (χ4v) is 1.23. The van der Waals surface area contributed by atoms with Crippen LogP contribution in [0.15, 0.2) is 18.2 Å². The number of carbonyl (C=O) groups excluding carboxylic acids is 1. The third-order valence-corrected chi connectivity index (χ3v) is 2.04. The van der Waals surface area contributed by atoms with Crippen molar-refractivity contribution in [2.75, 3.05) is 13.2 Å². The molecule has 0 unspecified atom stereocenters. The van der Waals surface area contributed by atoms with E-state index in [4.69, 9.17) is 9.84 Å². The Morgan fingerprint density at radius 2 is 2.06 bits per heavy atom. The van der Waals surface area contributed by atoms with Crippen molar-refractivity contribution in [1.82, 2.24) is 10.3 Å². The summed E-state index contributed by atoms with van der Waals surface area (Å²) in [6.07, 6.45) is 0.107. The van der Waals surface area contributed by atoms with Crippen LogP contribution in [0.25, 0.3) is 0 Å². The zero-order valence-electron chi connectivity index (χ0n) is 10.3. The van der Waals surface area contributed by atoms with Crippen molar-refractivity contribution in [3.05, 3.63) is 29.6 Å². The van der Waals surface area contributed by atoms with Crippen LogP contribution < -0.4 is 5.32 Å². The van der Waals surface area contributed by atoms with Gasteiger partial charge in [0.25, 0.3) is 5.91 Å². The van der Waals surface area contributed by atoms with Crippen LogP contribution in [-0.2, 0) is 4.74 Å². The van der Waals surface area contributed by atoms with E-state index in [1.54, 1.807) is 0 Å². The maximum absolute atomic E-state index is 11.6. The molecule has 1 rings (SSSR count). The number of pyridine rings is 1. The lowest BCUT2D eigenvalue weighted by atomic mass is 10.3. The number of ether oxygens (including phenoxy) is 1. The predicted octanol–water partition coefficient (Wildman–Crippen LogP) is 0.935. The average molecular weight is 252 g/mol. The summed E-state index contributed by atoms with van der Waals surface area (Å²) in [4.78, 5) is 26.1. The monoisotopic (exact) mass is 252 g/mol. The first-order valence-electron chi connectivity index (χ1n) is 5.61. The molecule has 0 saturated heterocycles. The van der Waals surface area contributed by atoms with Crippen molar-refractivity contribution >= 4 is 11.9 Å². The van der Waals surface area contributed by atoms with E-state index in [-0.39, 0.29) is 17.5 Å². The lowest BCUT2D eigenvalue weighted by Crippen LogP contribution is -2.29. The van der Waals surface area contributed by atoms with Crippen molar-refractivity contribution in [2.45, 2.75) is 20.0 Å². The van der Waals surface area contributed by atoms with Crippen molar-refractivity contribution < 1.29 is 19.4 Å². The van der Waals surface area contributed by atoms with Crippen LogP contribution in [0.2, 0.25) is 0 Å². The molecule has 1 aromatic rings. The second kappa shape index (κ2) is 6.70. The predicted molar refractivity (Wildman–Crippen MR) is 64.6 cm³/mol. The first-order chi connectivity index (χ1) is 8.50. The standard InChI is InChI=1S/C12H16N2O4/c1-8(2)18-7-6-13-11(15)9-4-3-5-10(14-9)12(16)17/h3-5,8H,6-7H2,1-2H3,(H,13,15)(H,16,17). The molecule has 0 aliphatic rings. The summed E-state index contributed by atoms with van der Waals surface area (Å²) < 4.78 is 5.26. The summed E-state index contributed by atoms with van der Waals surface area (Å²) in [5.74, 6) is -1.57. The summed E-state index contributed by atoms with van der Waals surface area (Å²) in [7, 11) is 0. The lowest BCUT2D eigenvalue weighted by Gasteiger charge is -2.08. The number of carboxylic acid groups (broad SMARTS) is 1. The van der Waals surface area contributed by atoms with Crippen LogP contribution in [0.4, 0.5) is 0 Å². The van der Waals surface area contributed by atoms with Gasteiger partial charge in [0.2, 0.25) is 0 Å². The van der Waals surface area contributed by atoms with Gasteiger partial charge in [-0.05, 0) is 26.0 Å². The minimum Gasteiger partial charge on any atom is -0.477 e. The number of nitrogens with zero attached hydrogens (tertiary/aromatic N) is 1. The maximum atomic E-state index is 11.6. The Hall–Kier alpha value is -1.95. The Balaban J connectivity index is 2.51. The second-order valence-electron chi connectivity index (χ2n) is 3.89. The number of aromatic nitrogens is 1. The molecule has 0 aliphatic carbocycles. The molecule has 98 valence electrons. The summed E-state index contributed by atoms with van der Waals surface area (Å²) >= 11 is 0. The van der Waals surface area contributed by atoms with E-state index in [9.17, 15) is 9.59 Å². The molecule has 0 aromatic carbocycles. The average Bonchev–Trinajstić information content (AvgIpc) is 2.34. The molecule has 18 heavy (non-hydrogen) atoms. The maximum Gasteiger partial charge on any atom is 0.354 e. The highest BCUT2D eigenvalue weighted by Crippen LogP contribution is 1.99. The topological polar surface area (TPSA) is 88.5 Å². The number of carbonyl (C=O) groups is 2. The van der Waals surface area contributed by atoms with Gasteiger partial charge in [-0.15, -0.1) is 0 Å². The van der Waals surface area contributed by atoms with Crippen LogP contribution in [0, 0.1) is 0 Å². The quantitative estimate of drug-likeness (QED) is 0.735. The second-order valence-corrected chi connectivity index (χ2v) is 3.89. The Kier molecular flexibility index (Phi) is 5.26. The van der Waals surface area contributed by atoms with Gasteiger partial charge in [0, 0.05) is 6.54 Å². The Morgan fingerprint density at radius 3 is 2.67 bits per heavy atom. The molecule has 0 aliphatic heterocycles. The fourth-order valence-electron chi connectivity index (χ4n) is 1.23. The van der Waals surface area contributed by atoms with Gasteiger partial charge in [-0.1, -0.05) is 6.07 Å². The summed E-state index contributed by atoms with van der Waals surface area (Å²) in [6, 6.07) is 4.28. The SMILES string of the molecule is CC(C)OCCNC(=O)c1cccc(C(=O)O)n1. The summed E-state index contributed by atoms with van der Waals surface area (Å²) in [5.41, 5.74) is -0.0690. The zero-order valence-corrected chi connectivity index (χ0v) is 10.3. The van der Waals surface area contributed by atoms with E-state index in [2.05, 4.69) is 10.3 Å². The molecule has 0 radical (unpaired) electrons. The van der Waals surface area contributed by atoms with Gasteiger partial charge in [-0.3, -0.25) is 4.79 Å². The minimum atomic E-state index is -1.16. The molecule has 1 heterocycles. The number of nitrogens with one attached hydrogen (secondary N) is 1. The van der Waals surface area contributed by atoms with Crippen molar-refractivity contribution in [1.29, 1.82) is 0 Å². The number of hydrogen-bond donors (Lipinski definition) is 2. The molecule has 0 bridgehead atoms. The third-order valence-electron chi connectivity index (χ3n) is 2.04. The van der Waals surface area contributed by atoms with E-state index < -0.39 is 11.9 Å². The molecule has 6 heteroatoms. The van der Waals surface area contributed by atoms with Gasteiger partial charge < -0.3 is 15.2 Å². The van der Waals surface area contributed by atoms with Crippen LogP contribution in [0.3, 0.4) is 0 Å². The third kappa shape index (κ3) is 4.50. The largest absolute Gasteiger partial charge is 0.477 e. The molecule has 0 saturated carbocycles. The van der Waals surface area contributed by atoms with Crippen molar-refractivity contribution in [3.8, 4) is 0 Å². The van der Waals surface area contributed by atoms with E-state index in [0.717, 1.165) is 0 Å². The molecule has 0 atom stereocenters. The number of carboxylic acids is 1. The normalized spacial score (nSPS) is 10.4. The molecule has 2 N–H and O–H groups in total. The van der Waals surface area contributed by atoms with Gasteiger partial charge in [-0.25, -0.2) is 9.78 Å². The number of rotatable bonds is 6. The van der Waals surface area contributed by atoms with E-state index >= 15 is 0 Å². The number of hydrogen-bond acceptors (Lipinski definition) is 4. The molecule has 1 amide bonds. The highest BCUT2D eigenvalue weighted by molar-refractivity contribution is 5.94. The van der Waals surface area contributed by atoms with Crippen LogP contribution >= 0.6 is 0 Å². The summed E-state index contributed by atoms with van der Waals surface area (Å²) in [5, 5.41) is 11.4. The highest BCUT2D eigenvalue weighted by Gasteiger charge is 2.10. The molecule has 0 fully saturated rings. The van der Waals surface area contributed by atoms with Crippen LogP contribution in [0.5, 0.6) is 0 Å². The molecular formula is C12H16N2O4. The van der Waals surface area contributed by atoms with Gasteiger partial charge in [0.05, 0.1) is 12.7 Å². The Labute approximate surface area is 105 Å². The van der Waals surface area contributed by atoms with Crippen molar-refractivity contribution in [3.63, 3.8) is 0 Å². The minimum absolute atomic E-state index is 0.0828. The lowest BCUT2D eigenvalue weighted by molar-refractivity contribution is 0.0689. The molecular weight excluding hydrogens is 236 g/mol. The number of aromatic carboxylic acids is 1. The van der Waals surface area contributed by atoms with Gasteiger partial charge in [0.1, 0.15) is 11.4 Å². The molecule has 0 spiro atoms. The van der Waals surface area contributed by atoms with Crippen molar-refractivity contribution in [2.24, 2.45) is 0 Å². The van der Waals surface area contributed by atoms with Gasteiger partial charge >= 0.3 is 5.97 Å². The van der Waals surface area contributed by atoms with E-state index in [1.807, 2.05) is 13.8 Å². The van der Waals surface area contributed by atoms with E-state index in [0.29, 0.717) is 13.2 Å². The fraction of sp³-hybridized carbons (Fsp3) is 0.417. The summed E-state index contributed by atoms with van der Waals surface area (Å²) in [6.45, 7) is 4.57. The first kappa shape index (κ1) is 14.1. The molecule has 1 aromatic heterocycles. The van der Waals surface area contributed by atoms with Crippen LogP contribution in [-0.4, -0.2) is 41.2 Å². The Morgan fingerprint density at radius 1 is 1.39 bits per heavy atom. The first-order valence-corrected chi connectivity index (χ1v) is 5.61. The van der Waals surface area contributed by atoms with E-state index in [1.165, 1.54) is 18.2 Å². The van der Waals surface area contributed by atoms with Crippen LogP contribution in [0.1, 0.15) is 34.8 Å². The van der Waals surface area contributed by atoms with Gasteiger partial charge in [0.15, 0.2) is 0 Å². The number of amides is 1.